The second-order valence-corrected chi connectivity index (χ2v) is 8.36. The number of fused-ring (bicyclic) bond motifs is 1. The summed E-state index contributed by atoms with van der Waals surface area (Å²) in [7, 11) is 0. The summed E-state index contributed by atoms with van der Waals surface area (Å²) in [6, 6.07) is 4.92. The molecule has 3 rings (SSSR count). The number of ether oxygens (including phenoxy) is 1. The molecule has 1 unspecified atom stereocenters. The van der Waals surface area contributed by atoms with Gasteiger partial charge in [0.05, 0.1) is 13.2 Å². The average Bonchev–Trinajstić information content (AvgIpc) is 3.07. The van der Waals surface area contributed by atoms with E-state index in [0.29, 0.717) is 25.1 Å². The van der Waals surface area contributed by atoms with E-state index >= 15 is 0 Å². The fraction of sp³-hybridized carbons (Fsp3) is 0.625. The number of carbonyl (C=O) groups excluding carboxylic acids is 3. The molecule has 1 fully saturated rings. The zero-order valence-corrected chi connectivity index (χ0v) is 18.1. The Morgan fingerprint density at radius 3 is 2.40 bits per heavy atom. The van der Waals surface area contributed by atoms with Gasteiger partial charge in [-0.1, -0.05) is 64.4 Å². The Morgan fingerprint density at radius 1 is 1.00 bits per heavy atom. The Bertz CT molecular complexity index is 762. The number of amides is 3. The van der Waals surface area contributed by atoms with Crippen LogP contribution in [0.25, 0.3) is 0 Å². The topological polar surface area (TPSA) is 75.7 Å². The number of nitrogens with zero attached hydrogens (tertiary/aromatic N) is 1. The van der Waals surface area contributed by atoms with E-state index in [-0.39, 0.29) is 24.1 Å². The highest BCUT2D eigenvalue weighted by Gasteiger charge is 2.40. The molecule has 6 nitrogen and oxygen atoms in total. The fourth-order valence-electron chi connectivity index (χ4n) is 4.29. The van der Waals surface area contributed by atoms with Crippen LogP contribution in [0.2, 0.25) is 0 Å². The lowest BCUT2D eigenvalue weighted by atomic mass is 10.0. The lowest BCUT2D eigenvalue weighted by molar-refractivity contribution is -0.136. The van der Waals surface area contributed by atoms with Crippen LogP contribution in [0.5, 0.6) is 5.75 Å². The smallest absolute Gasteiger partial charge is 0.255 e. The second-order valence-electron chi connectivity index (χ2n) is 8.36. The Kier molecular flexibility index (Phi) is 8.29. The maximum Gasteiger partial charge on any atom is 0.255 e. The molecule has 1 saturated heterocycles. The number of imide groups is 1. The van der Waals surface area contributed by atoms with Crippen LogP contribution in [-0.4, -0.2) is 35.3 Å². The van der Waals surface area contributed by atoms with Crippen molar-refractivity contribution < 1.29 is 19.1 Å². The van der Waals surface area contributed by atoms with Gasteiger partial charge >= 0.3 is 0 Å². The third kappa shape index (κ3) is 5.61. The zero-order valence-electron chi connectivity index (χ0n) is 18.1. The minimum absolute atomic E-state index is 0.159. The van der Waals surface area contributed by atoms with Crippen molar-refractivity contribution in [3.63, 3.8) is 0 Å². The van der Waals surface area contributed by atoms with Gasteiger partial charge in [-0.3, -0.25) is 19.7 Å². The van der Waals surface area contributed by atoms with E-state index in [1.54, 1.807) is 11.0 Å². The molecule has 2 aliphatic rings. The van der Waals surface area contributed by atoms with E-state index in [2.05, 4.69) is 12.2 Å². The standard InChI is InChI=1S/C24H34N2O4/c1-2-3-4-5-6-7-8-9-10-16-30-21-13-11-12-18-19(21)17-26(24(18)29)20-14-15-22(27)25-23(20)28/h11-13,20H,2-10,14-17H2,1H3,(H,25,27,28). The first-order valence-corrected chi connectivity index (χ1v) is 11.5. The number of hydrogen-bond acceptors (Lipinski definition) is 4. The van der Waals surface area contributed by atoms with Crippen molar-refractivity contribution in [3.8, 4) is 5.75 Å². The molecule has 0 bridgehead atoms. The lowest BCUT2D eigenvalue weighted by Crippen LogP contribution is -2.52. The summed E-state index contributed by atoms with van der Waals surface area (Å²) < 4.78 is 6.00. The van der Waals surface area contributed by atoms with Gasteiger partial charge in [-0.25, -0.2) is 0 Å². The number of nitrogens with one attached hydrogen (secondary N) is 1. The van der Waals surface area contributed by atoms with Crippen molar-refractivity contribution in [2.24, 2.45) is 0 Å². The Morgan fingerprint density at radius 2 is 1.70 bits per heavy atom. The van der Waals surface area contributed by atoms with E-state index in [0.717, 1.165) is 24.2 Å². The van der Waals surface area contributed by atoms with Crippen LogP contribution < -0.4 is 10.1 Å². The van der Waals surface area contributed by atoms with Crippen molar-refractivity contribution in [3.05, 3.63) is 29.3 Å². The first kappa shape index (κ1) is 22.3. The predicted molar refractivity (Wildman–Crippen MR) is 115 cm³/mol. The zero-order chi connectivity index (χ0) is 21.3. The highest BCUT2D eigenvalue weighted by Crippen LogP contribution is 2.33. The molecule has 2 aliphatic heterocycles. The molecule has 30 heavy (non-hydrogen) atoms. The van der Waals surface area contributed by atoms with Crippen LogP contribution in [0, 0.1) is 0 Å². The highest BCUT2D eigenvalue weighted by molar-refractivity contribution is 6.05. The predicted octanol–water partition coefficient (Wildman–Crippen LogP) is 4.36. The van der Waals surface area contributed by atoms with E-state index < -0.39 is 6.04 Å². The average molecular weight is 415 g/mol. The molecule has 3 amide bonds. The van der Waals surface area contributed by atoms with E-state index in [9.17, 15) is 14.4 Å². The first-order chi connectivity index (χ1) is 14.6. The van der Waals surface area contributed by atoms with Crippen molar-refractivity contribution >= 4 is 17.7 Å². The van der Waals surface area contributed by atoms with Crippen molar-refractivity contribution in [2.75, 3.05) is 6.61 Å². The molecule has 1 atom stereocenters. The SMILES string of the molecule is CCCCCCCCCCCOc1cccc2c1CN(C1CCC(=O)NC1=O)C2=O. The number of benzene rings is 1. The van der Waals surface area contributed by atoms with Crippen LogP contribution in [-0.2, 0) is 16.1 Å². The van der Waals surface area contributed by atoms with Gasteiger partial charge in [0.15, 0.2) is 0 Å². The monoisotopic (exact) mass is 414 g/mol. The quantitative estimate of drug-likeness (QED) is 0.407. The van der Waals surface area contributed by atoms with E-state index in [4.69, 9.17) is 4.74 Å². The molecule has 2 heterocycles. The summed E-state index contributed by atoms with van der Waals surface area (Å²) >= 11 is 0. The summed E-state index contributed by atoms with van der Waals surface area (Å²) in [5.41, 5.74) is 1.45. The first-order valence-electron chi connectivity index (χ1n) is 11.5. The van der Waals surface area contributed by atoms with Gasteiger partial charge in [0, 0.05) is 17.5 Å². The minimum atomic E-state index is -0.590. The van der Waals surface area contributed by atoms with Crippen LogP contribution in [0.1, 0.15) is 93.5 Å². The maximum absolute atomic E-state index is 12.8. The third-order valence-corrected chi connectivity index (χ3v) is 6.04. The molecular weight excluding hydrogens is 380 g/mol. The molecule has 1 aromatic carbocycles. The summed E-state index contributed by atoms with van der Waals surface area (Å²) in [5, 5.41) is 2.34. The Hall–Kier alpha value is -2.37. The summed E-state index contributed by atoms with van der Waals surface area (Å²) in [4.78, 5) is 38.0. The molecule has 164 valence electrons. The summed E-state index contributed by atoms with van der Waals surface area (Å²) in [6.07, 6.45) is 12.0. The van der Waals surface area contributed by atoms with Crippen molar-refractivity contribution in [1.82, 2.24) is 10.2 Å². The Balaban J connectivity index is 1.45. The van der Waals surface area contributed by atoms with Gasteiger partial charge < -0.3 is 9.64 Å². The third-order valence-electron chi connectivity index (χ3n) is 6.04. The number of unbranched alkanes of at least 4 members (excludes halogenated alkanes) is 8. The molecule has 0 aliphatic carbocycles. The Labute approximate surface area is 179 Å². The molecule has 0 saturated carbocycles. The molecule has 0 spiro atoms. The lowest BCUT2D eigenvalue weighted by Gasteiger charge is -2.29. The number of piperidine rings is 1. The van der Waals surface area contributed by atoms with E-state index in [1.165, 1.54) is 44.9 Å². The van der Waals surface area contributed by atoms with Crippen molar-refractivity contribution in [2.45, 2.75) is 90.1 Å². The summed E-state index contributed by atoms with van der Waals surface area (Å²) in [5.74, 6) is -0.0850. The molecule has 1 aromatic rings. The minimum Gasteiger partial charge on any atom is -0.493 e. The maximum atomic E-state index is 12.8. The van der Waals surface area contributed by atoms with E-state index in [1.807, 2.05) is 12.1 Å². The van der Waals surface area contributed by atoms with Crippen molar-refractivity contribution in [1.29, 1.82) is 0 Å². The van der Waals surface area contributed by atoms with Gasteiger partial charge in [0.25, 0.3) is 5.91 Å². The molecule has 0 radical (unpaired) electrons. The molecule has 6 heteroatoms. The number of hydrogen-bond donors (Lipinski definition) is 1. The van der Waals surface area contributed by atoms with Gasteiger partial charge in [0.1, 0.15) is 11.8 Å². The molecular formula is C24H34N2O4. The fourth-order valence-corrected chi connectivity index (χ4v) is 4.29. The normalized spacial score (nSPS) is 18.5. The van der Waals surface area contributed by atoms with Crippen LogP contribution >= 0.6 is 0 Å². The van der Waals surface area contributed by atoms with Gasteiger partial charge in [-0.15, -0.1) is 0 Å². The van der Waals surface area contributed by atoms with Crippen LogP contribution in [0.15, 0.2) is 18.2 Å². The van der Waals surface area contributed by atoms with Gasteiger partial charge in [-0.2, -0.15) is 0 Å². The van der Waals surface area contributed by atoms with Crippen LogP contribution in [0.4, 0.5) is 0 Å². The summed E-state index contributed by atoms with van der Waals surface area (Å²) in [6.45, 7) is 3.23. The number of carbonyl (C=O) groups is 3. The van der Waals surface area contributed by atoms with Gasteiger partial charge in [0.2, 0.25) is 11.8 Å². The number of rotatable bonds is 12. The molecule has 0 aromatic heterocycles. The highest BCUT2D eigenvalue weighted by atomic mass is 16.5. The van der Waals surface area contributed by atoms with Gasteiger partial charge in [-0.05, 0) is 25.0 Å². The second kappa shape index (κ2) is 11.1. The van der Waals surface area contributed by atoms with Crippen LogP contribution in [0.3, 0.4) is 0 Å². The molecule has 1 N–H and O–H groups in total. The largest absolute Gasteiger partial charge is 0.493 e.